The predicted octanol–water partition coefficient (Wildman–Crippen LogP) is 13.9. The Morgan fingerprint density at radius 3 is 1.55 bits per heavy atom. The van der Waals surface area contributed by atoms with Gasteiger partial charge in [-0.15, -0.1) is 0 Å². The number of aromatic nitrogens is 2. The van der Waals surface area contributed by atoms with Gasteiger partial charge < -0.3 is 13.7 Å². The molecule has 5 nitrogen and oxygen atoms in total. The van der Waals surface area contributed by atoms with Gasteiger partial charge in [0.25, 0.3) is 0 Å². The number of nitrogens with zero attached hydrogens (tertiary/aromatic N) is 3. The molecule has 0 aliphatic rings. The highest BCUT2D eigenvalue weighted by Crippen LogP contribution is 2.40. The van der Waals surface area contributed by atoms with Crippen molar-refractivity contribution in [2.45, 2.75) is 0 Å². The van der Waals surface area contributed by atoms with Crippen molar-refractivity contribution in [2.24, 2.45) is 0 Å². The fourth-order valence-electron chi connectivity index (χ4n) is 7.78. The molecular formula is C50H31N3O2. The first-order chi connectivity index (χ1) is 27.2. The van der Waals surface area contributed by atoms with Crippen molar-refractivity contribution in [1.29, 1.82) is 0 Å². The first-order valence-corrected chi connectivity index (χ1v) is 18.4. The van der Waals surface area contributed by atoms with E-state index in [2.05, 4.69) is 144 Å². The molecule has 0 radical (unpaired) electrons. The van der Waals surface area contributed by atoms with Crippen molar-refractivity contribution in [3.05, 3.63) is 188 Å². The molecule has 0 fully saturated rings. The van der Waals surface area contributed by atoms with Crippen LogP contribution in [0, 0.1) is 0 Å². The third kappa shape index (κ3) is 5.41. The van der Waals surface area contributed by atoms with E-state index in [0.717, 1.165) is 55.8 Å². The average molecular weight is 706 g/mol. The molecule has 0 N–H and O–H groups in total. The molecule has 0 atom stereocenters. The Morgan fingerprint density at radius 2 is 0.873 bits per heavy atom. The van der Waals surface area contributed by atoms with Gasteiger partial charge in [-0.25, -0.2) is 9.97 Å². The minimum Gasteiger partial charge on any atom is -0.436 e. The lowest BCUT2D eigenvalue weighted by molar-refractivity contribution is 0.619. The SMILES string of the molecule is c1ccc2c(c1)ccc1c(-c3ccc4cc(N(c5ccc(-c6nc7ccccc7o6)cc5)c5ccc(-c6nc7ccccc7o6)cc5)ccc4c3)cccc12. The number of rotatable bonds is 6. The first-order valence-electron chi connectivity index (χ1n) is 18.4. The summed E-state index contributed by atoms with van der Waals surface area (Å²) in [7, 11) is 0. The number of fused-ring (bicyclic) bond motifs is 6. The molecule has 258 valence electrons. The second-order valence-corrected chi connectivity index (χ2v) is 13.8. The van der Waals surface area contributed by atoms with Gasteiger partial charge in [-0.2, -0.15) is 0 Å². The molecule has 9 aromatic carbocycles. The summed E-state index contributed by atoms with van der Waals surface area (Å²) in [5.74, 6) is 1.20. The van der Waals surface area contributed by atoms with Gasteiger partial charge >= 0.3 is 0 Å². The van der Waals surface area contributed by atoms with Gasteiger partial charge in [-0.05, 0) is 134 Å². The Hall–Kier alpha value is -7.50. The maximum Gasteiger partial charge on any atom is 0.227 e. The molecule has 0 bridgehead atoms. The number of hydrogen-bond acceptors (Lipinski definition) is 5. The van der Waals surface area contributed by atoms with Crippen LogP contribution >= 0.6 is 0 Å². The fraction of sp³-hybridized carbons (Fsp3) is 0. The van der Waals surface area contributed by atoms with Gasteiger partial charge in [0.05, 0.1) is 0 Å². The topological polar surface area (TPSA) is 55.3 Å². The summed E-state index contributed by atoms with van der Waals surface area (Å²) >= 11 is 0. The lowest BCUT2D eigenvalue weighted by atomic mass is 9.93. The van der Waals surface area contributed by atoms with Gasteiger partial charge in [-0.3, -0.25) is 0 Å². The van der Waals surface area contributed by atoms with Crippen LogP contribution in [0.3, 0.4) is 0 Å². The van der Waals surface area contributed by atoms with Crippen molar-refractivity contribution in [3.8, 4) is 34.0 Å². The summed E-state index contributed by atoms with van der Waals surface area (Å²) in [4.78, 5) is 11.7. The van der Waals surface area contributed by atoms with Crippen LogP contribution in [-0.2, 0) is 0 Å². The minimum absolute atomic E-state index is 0.600. The van der Waals surface area contributed by atoms with Crippen LogP contribution in [0.2, 0.25) is 0 Å². The fourth-order valence-corrected chi connectivity index (χ4v) is 7.78. The molecule has 0 aliphatic heterocycles. The normalized spacial score (nSPS) is 11.6. The van der Waals surface area contributed by atoms with Crippen LogP contribution in [0.15, 0.2) is 197 Å². The van der Waals surface area contributed by atoms with Crippen LogP contribution in [0.1, 0.15) is 0 Å². The summed E-state index contributed by atoms with van der Waals surface area (Å²) in [6.45, 7) is 0. The first kappa shape index (κ1) is 31.1. The maximum absolute atomic E-state index is 6.09. The van der Waals surface area contributed by atoms with E-state index >= 15 is 0 Å². The van der Waals surface area contributed by atoms with E-state index < -0.39 is 0 Å². The van der Waals surface area contributed by atoms with Gasteiger partial charge in [0.15, 0.2) is 11.2 Å². The molecule has 0 saturated carbocycles. The second kappa shape index (κ2) is 12.6. The molecule has 2 aromatic heterocycles. The van der Waals surface area contributed by atoms with Crippen molar-refractivity contribution >= 4 is 71.6 Å². The van der Waals surface area contributed by atoms with E-state index in [1.54, 1.807) is 0 Å². The van der Waals surface area contributed by atoms with Gasteiger partial charge in [0.2, 0.25) is 11.8 Å². The van der Waals surface area contributed by atoms with Crippen LogP contribution in [0.5, 0.6) is 0 Å². The second-order valence-electron chi connectivity index (χ2n) is 13.8. The lowest BCUT2D eigenvalue weighted by Gasteiger charge is -2.26. The maximum atomic E-state index is 6.09. The van der Waals surface area contributed by atoms with Crippen molar-refractivity contribution < 1.29 is 8.83 Å². The Labute approximate surface area is 316 Å². The van der Waals surface area contributed by atoms with E-state index in [0.29, 0.717) is 11.8 Å². The van der Waals surface area contributed by atoms with E-state index in [-0.39, 0.29) is 0 Å². The molecule has 11 rings (SSSR count). The average Bonchev–Trinajstić information content (AvgIpc) is 3.89. The summed E-state index contributed by atoms with van der Waals surface area (Å²) in [5.41, 5.74) is 10.5. The third-order valence-corrected chi connectivity index (χ3v) is 10.5. The van der Waals surface area contributed by atoms with Gasteiger partial charge in [-0.1, -0.05) is 97.1 Å². The van der Waals surface area contributed by atoms with Crippen molar-refractivity contribution in [3.63, 3.8) is 0 Å². The molecule has 0 spiro atoms. The van der Waals surface area contributed by atoms with Crippen LogP contribution in [0.4, 0.5) is 17.1 Å². The Bertz CT molecular complexity index is 3030. The number of hydrogen-bond donors (Lipinski definition) is 0. The summed E-state index contributed by atoms with van der Waals surface area (Å²) < 4.78 is 12.2. The zero-order valence-corrected chi connectivity index (χ0v) is 29.6. The molecular weight excluding hydrogens is 675 g/mol. The molecule has 0 amide bonds. The Balaban J connectivity index is 0.989. The van der Waals surface area contributed by atoms with Crippen molar-refractivity contribution in [2.75, 3.05) is 4.90 Å². The zero-order valence-electron chi connectivity index (χ0n) is 29.6. The van der Waals surface area contributed by atoms with Gasteiger partial charge in [0, 0.05) is 28.2 Å². The minimum atomic E-state index is 0.600. The predicted molar refractivity (Wildman–Crippen MR) is 225 cm³/mol. The summed E-state index contributed by atoms with van der Waals surface area (Å²) in [5, 5.41) is 7.39. The molecule has 11 aromatic rings. The zero-order chi connectivity index (χ0) is 36.3. The van der Waals surface area contributed by atoms with Crippen LogP contribution in [0.25, 0.3) is 88.6 Å². The van der Waals surface area contributed by atoms with E-state index in [1.165, 1.54) is 38.1 Å². The largest absolute Gasteiger partial charge is 0.436 e. The highest BCUT2D eigenvalue weighted by molar-refractivity contribution is 6.12. The molecule has 0 unspecified atom stereocenters. The quantitative estimate of drug-likeness (QED) is 0.161. The lowest BCUT2D eigenvalue weighted by Crippen LogP contribution is -2.09. The monoisotopic (exact) mass is 705 g/mol. The third-order valence-electron chi connectivity index (χ3n) is 10.5. The highest BCUT2D eigenvalue weighted by atomic mass is 16.4. The Kier molecular flexibility index (Phi) is 7.10. The standard InChI is InChI=1S/C50H31N3O2/c1-2-9-41-32(8-1)23-29-44-42(10-7-11-43(41)44)37-17-16-36-31-40(28-22-35(36)30-37)53(38-24-18-33(19-25-38)49-51-45-12-3-5-14-47(45)54-49)39-26-20-34(21-27-39)50-52-46-13-4-6-15-48(46)55-50/h1-31H. The number of anilines is 3. The van der Waals surface area contributed by atoms with Crippen LogP contribution < -0.4 is 4.90 Å². The Morgan fingerprint density at radius 1 is 0.345 bits per heavy atom. The smallest absolute Gasteiger partial charge is 0.227 e. The molecule has 0 saturated heterocycles. The number of para-hydroxylation sites is 4. The van der Waals surface area contributed by atoms with E-state index in [4.69, 9.17) is 18.8 Å². The van der Waals surface area contributed by atoms with E-state index in [1.807, 2.05) is 48.5 Å². The van der Waals surface area contributed by atoms with Crippen LogP contribution in [-0.4, -0.2) is 9.97 Å². The van der Waals surface area contributed by atoms with Crippen molar-refractivity contribution in [1.82, 2.24) is 9.97 Å². The molecule has 5 heteroatoms. The van der Waals surface area contributed by atoms with E-state index in [9.17, 15) is 0 Å². The number of oxazole rings is 2. The van der Waals surface area contributed by atoms with Gasteiger partial charge in [0.1, 0.15) is 11.0 Å². The summed E-state index contributed by atoms with van der Waals surface area (Å²) in [6.07, 6.45) is 0. The number of benzene rings is 9. The highest BCUT2D eigenvalue weighted by Gasteiger charge is 2.17. The molecule has 2 heterocycles. The molecule has 0 aliphatic carbocycles. The summed E-state index contributed by atoms with van der Waals surface area (Å²) in [6, 6.07) is 65.6. The molecule has 55 heavy (non-hydrogen) atoms.